The van der Waals surface area contributed by atoms with Gasteiger partial charge in [0.1, 0.15) is 0 Å². The summed E-state index contributed by atoms with van der Waals surface area (Å²) in [6.45, 7) is 12.4. The van der Waals surface area contributed by atoms with Crippen molar-refractivity contribution in [2.45, 2.75) is 58.1 Å². The van der Waals surface area contributed by atoms with Gasteiger partial charge in [-0.3, -0.25) is 9.69 Å². The van der Waals surface area contributed by atoms with E-state index in [1.807, 2.05) is 13.8 Å². The van der Waals surface area contributed by atoms with Crippen LogP contribution >= 0.6 is 0 Å². The fourth-order valence-electron chi connectivity index (χ4n) is 4.95. The summed E-state index contributed by atoms with van der Waals surface area (Å²) in [6.07, 6.45) is 4.20. The van der Waals surface area contributed by atoms with Gasteiger partial charge in [-0.25, -0.2) is 0 Å². The molecule has 1 spiro atoms. The maximum absolute atomic E-state index is 12.7. The molecule has 1 aromatic rings. The van der Waals surface area contributed by atoms with E-state index in [0.717, 1.165) is 32.5 Å². The second kappa shape index (κ2) is 10.1. The predicted molar refractivity (Wildman–Crippen MR) is 121 cm³/mol. The first-order chi connectivity index (χ1) is 14.4. The fraction of sp³-hybridized carbons (Fsp3) is 0.640. The maximum Gasteiger partial charge on any atom is 0.223 e. The lowest BCUT2D eigenvalue weighted by Crippen LogP contribution is -2.51. The minimum atomic E-state index is -0.114. The van der Waals surface area contributed by atoms with E-state index >= 15 is 0 Å². The van der Waals surface area contributed by atoms with Crippen molar-refractivity contribution in [2.75, 3.05) is 40.0 Å². The zero-order chi connectivity index (χ0) is 21.7. The number of amides is 1. The number of fused-ring (bicyclic) bond motifs is 2. The topological polar surface area (TPSA) is 50.8 Å². The quantitative estimate of drug-likeness (QED) is 0.519. The summed E-state index contributed by atoms with van der Waals surface area (Å²) in [4.78, 5) is 15.2. The number of methoxy groups -OCH3 is 1. The normalized spacial score (nSPS) is 23.7. The molecule has 1 aliphatic heterocycles. The summed E-state index contributed by atoms with van der Waals surface area (Å²) in [6, 6.07) is 8.49. The third-order valence-corrected chi connectivity index (χ3v) is 6.80. The number of hydrogen-bond acceptors (Lipinski definition) is 4. The zero-order valence-corrected chi connectivity index (χ0v) is 19.2. The number of rotatable bonds is 8. The third-order valence-electron chi connectivity index (χ3n) is 6.80. The SMILES string of the molecule is C/C=C(\C)CN1CCC2(CC1)c1ccccc1[C@@H](NC(=O)C(C)C)[C@@H]2OCCOC. The molecular formula is C25H38N2O3. The van der Waals surface area contributed by atoms with Crippen molar-refractivity contribution in [3.8, 4) is 0 Å². The van der Waals surface area contributed by atoms with Gasteiger partial charge in [0.2, 0.25) is 5.91 Å². The van der Waals surface area contributed by atoms with Crippen molar-refractivity contribution >= 4 is 5.91 Å². The highest BCUT2D eigenvalue weighted by Gasteiger charge is 2.54. The molecule has 1 saturated heterocycles. The predicted octanol–water partition coefficient (Wildman–Crippen LogP) is 3.84. The second-order valence-corrected chi connectivity index (χ2v) is 9.08. The van der Waals surface area contributed by atoms with Crippen LogP contribution in [0.2, 0.25) is 0 Å². The van der Waals surface area contributed by atoms with Gasteiger partial charge < -0.3 is 14.8 Å². The van der Waals surface area contributed by atoms with Crippen LogP contribution in [0.15, 0.2) is 35.9 Å². The molecule has 166 valence electrons. The number of hydrogen-bond donors (Lipinski definition) is 1. The van der Waals surface area contributed by atoms with Crippen LogP contribution in [0.25, 0.3) is 0 Å². The Balaban J connectivity index is 1.90. The van der Waals surface area contributed by atoms with Crippen molar-refractivity contribution in [3.63, 3.8) is 0 Å². The molecule has 0 unspecified atom stereocenters. The maximum atomic E-state index is 12.7. The lowest BCUT2D eigenvalue weighted by molar-refractivity contribution is -0.127. The summed E-state index contributed by atoms with van der Waals surface area (Å²) in [5.41, 5.74) is 3.91. The van der Waals surface area contributed by atoms with Gasteiger partial charge in [-0.1, -0.05) is 49.8 Å². The van der Waals surface area contributed by atoms with Gasteiger partial charge in [-0.05, 0) is 50.9 Å². The summed E-state index contributed by atoms with van der Waals surface area (Å²) >= 11 is 0. The Kier molecular flexibility index (Phi) is 7.72. The molecule has 1 aromatic carbocycles. The van der Waals surface area contributed by atoms with Crippen LogP contribution in [0.3, 0.4) is 0 Å². The van der Waals surface area contributed by atoms with Crippen LogP contribution in [-0.4, -0.2) is 56.9 Å². The zero-order valence-electron chi connectivity index (χ0n) is 19.2. The third kappa shape index (κ3) is 4.63. The number of carbonyl (C=O) groups is 1. The summed E-state index contributed by atoms with van der Waals surface area (Å²) < 4.78 is 11.7. The Bertz CT molecular complexity index is 751. The molecule has 0 aromatic heterocycles. The molecule has 1 N–H and O–H groups in total. The van der Waals surface area contributed by atoms with Gasteiger partial charge in [-0.2, -0.15) is 0 Å². The molecule has 3 rings (SSSR count). The molecular weight excluding hydrogens is 376 g/mol. The van der Waals surface area contributed by atoms with E-state index in [-0.39, 0.29) is 29.4 Å². The van der Waals surface area contributed by atoms with E-state index in [1.54, 1.807) is 7.11 Å². The molecule has 1 aliphatic carbocycles. The molecule has 2 atom stereocenters. The lowest BCUT2D eigenvalue weighted by Gasteiger charge is -2.44. The summed E-state index contributed by atoms with van der Waals surface area (Å²) in [7, 11) is 1.70. The van der Waals surface area contributed by atoms with Gasteiger partial charge in [-0.15, -0.1) is 0 Å². The van der Waals surface area contributed by atoms with E-state index in [4.69, 9.17) is 9.47 Å². The number of nitrogens with one attached hydrogen (secondary N) is 1. The van der Waals surface area contributed by atoms with Crippen molar-refractivity contribution in [3.05, 3.63) is 47.0 Å². The van der Waals surface area contributed by atoms with Gasteiger partial charge in [0.15, 0.2) is 0 Å². The average Bonchev–Trinajstić information content (AvgIpc) is 2.99. The van der Waals surface area contributed by atoms with E-state index in [2.05, 4.69) is 54.4 Å². The highest BCUT2D eigenvalue weighted by atomic mass is 16.5. The number of ether oxygens (including phenoxy) is 2. The number of nitrogens with zero attached hydrogens (tertiary/aromatic N) is 1. The van der Waals surface area contributed by atoms with Crippen molar-refractivity contribution in [1.82, 2.24) is 10.2 Å². The van der Waals surface area contributed by atoms with E-state index in [1.165, 1.54) is 16.7 Å². The summed E-state index contributed by atoms with van der Waals surface area (Å²) in [5.74, 6) is 0.0207. The average molecular weight is 415 g/mol. The number of piperidine rings is 1. The van der Waals surface area contributed by atoms with Crippen LogP contribution in [0.4, 0.5) is 0 Å². The monoisotopic (exact) mass is 414 g/mol. The molecule has 1 amide bonds. The van der Waals surface area contributed by atoms with E-state index < -0.39 is 0 Å². The first-order valence-corrected chi connectivity index (χ1v) is 11.3. The fourth-order valence-corrected chi connectivity index (χ4v) is 4.95. The Labute approximate surface area is 181 Å². The Morgan fingerprint density at radius 3 is 2.60 bits per heavy atom. The minimum absolute atomic E-state index is 0.0565. The molecule has 5 nitrogen and oxygen atoms in total. The Hall–Kier alpha value is -1.69. The molecule has 1 fully saturated rings. The van der Waals surface area contributed by atoms with Crippen LogP contribution in [0.5, 0.6) is 0 Å². The molecule has 1 heterocycles. The Morgan fingerprint density at radius 1 is 1.27 bits per heavy atom. The first-order valence-electron chi connectivity index (χ1n) is 11.3. The number of benzene rings is 1. The van der Waals surface area contributed by atoms with Crippen molar-refractivity contribution in [2.24, 2.45) is 5.92 Å². The highest BCUT2D eigenvalue weighted by molar-refractivity contribution is 5.78. The largest absolute Gasteiger partial charge is 0.382 e. The van der Waals surface area contributed by atoms with Gasteiger partial charge in [0, 0.05) is 25.0 Å². The van der Waals surface area contributed by atoms with Gasteiger partial charge in [0.05, 0.1) is 25.4 Å². The van der Waals surface area contributed by atoms with Crippen LogP contribution in [-0.2, 0) is 19.7 Å². The molecule has 30 heavy (non-hydrogen) atoms. The van der Waals surface area contributed by atoms with E-state index in [0.29, 0.717) is 13.2 Å². The number of carbonyl (C=O) groups excluding carboxylic acids is 1. The van der Waals surface area contributed by atoms with Gasteiger partial charge >= 0.3 is 0 Å². The highest BCUT2D eigenvalue weighted by Crippen LogP contribution is 2.52. The van der Waals surface area contributed by atoms with Crippen LogP contribution in [0.1, 0.15) is 57.7 Å². The number of likely N-dealkylation sites (tertiary alicyclic amines) is 1. The molecule has 0 saturated carbocycles. The van der Waals surface area contributed by atoms with Crippen molar-refractivity contribution in [1.29, 1.82) is 0 Å². The smallest absolute Gasteiger partial charge is 0.223 e. The number of allylic oxidation sites excluding steroid dienone is 1. The van der Waals surface area contributed by atoms with Crippen LogP contribution < -0.4 is 5.32 Å². The van der Waals surface area contributed by atoms with E-state index in [9.17, 15) is 4.79 Å². The van der Waals surface area contributed by atoms with Crippen LogP contribution in [0, 0.1) is 5.92 Å². The van der Waals surface area contributed by atoms with Gasteiger partial charge in [0.25, 0.3) is 0 Å². The lowest BCUT2D eigenvalue weighted by atomic mass is 9.71. The molecule has 2 aliphatic rings. The minimum Gasteiger partial charge on any atom is -0.382 e. The first kappa shape index (κ1) is 23.0. The summed E-state index contributed by atoms with van der Waals surface area (Å²) in [5, 5.41) is 3.31. The Morgan fingerprint density at radius 2 is 1.97 bits per heavy atom. The van der Waals surface area contributed by atoms with Crippen molar-refractivity contribution < 1.29 is 14.3 Å². The molecule has 5 heteroatoms. The standard InChI is InChI=1S/C25H38N2O3/c1-6-19(4)17-27-13-11-25(12-14-27)21-10-8-7-9-20(21)22(26-24(28)18(2)3)23(25)30-16-15-29-5/h6-10,18,22-23H,11-17H2,1-5H3,(H,26,28)/b19-6+/t22-,23+/m1/s1. The molecule has 0 radical (unpaired) electrons. The molecule has 0 bridgehead atoms. The second-order valence-electron chi connectivity index (χ2n) is 9.08.